The molecule has 0 spiro atoms. The highest BCUT2D eigenvalue weighted by Gasteiger charge is 2.39. The zero-order valence-corrected chi connectivity index (χ0v) is 14.1. The molecule has 2 aliphatic rings. The Kier molecular flexibility index (Phi) is 4.39. The Labute approximate surface area is 137 Å². The highest BCUT2D eigenvalue weighted by atomic mass is 16.2. The van der Waals surface area contributed by atoms with Crippen LogP contribution in [0, 0.1) is 12.8 Å². The quantitative estimate of drug-likeness (QED) is 0.901. The zero-order valence-electron chi connectivity index (χ0n) is 14.1. The number of rotatable bonds is 2. The van der Waals surface area contributed by atoms with Crippen LogP contribution in [-0.2, 0) is 9.59 Å². The second kappa shape index (κ2) is 6.32. The minimum Gasteiger partial charge on any atom is -0.337 e. The van der Waals surface area contributed by atoms with Gasteiger partial charge in [-0.25, -0.2) is 0 Å². The second-order valence-electron chi connectivity index (χ2n) is 6.76. The number of aryl methyl sites for hydroxylation is 1. The fourth-order valence-electron chi connectivity index (χ4n) is 3.45. The summed E-state index contributed by atoms with van der Waals surface area (Å²) >= 11 is 0. The van der Waals surface area contributed by atoms with Gasteiger partial charge in [-0.2, -0.15) is 0 Å². The van der Waals surface area contributed by atoms with Gasteiger partial charge in [-0.3, -0.25) is 9.59 Å². The summed E-state index contributed by atoms with van der Waals surface area (Å²) in [7, 11) is 0. The van der Waals surface area contributed by atoms with E-state index >= 15 is 0 Å². The van der Waals surface area contributed by atoms with Crippen LogP contribution in [0.15, 0.2) is 24.3 Å². The Morgan fingerprint density at radius 3 is 2.61 bits per heavy atom. The molecule has 0 radical (unpaired) electrons. The van der Waals surface area contributed by atoms with Crippen LogP contribution in [0.3, 0.4) is 0 Å². The minimum atomic E-state index is -0.225. The third-order valence-electron chi connectivity index (χ3n) is 5.14. The highest BCUT2D eigenvalue weighted by Crippen LogP contribution is 2.27. The van der Waals surface area contributed by atoms with Crippen molar-refractivity contribution in [3.63, 3.8) is 0 Å². The van der Waals surface area contributed by atoms with E-state index in [4.69, 9.17) is 0 Å². The molecular weight excluding hydrogens is 290 g/mol. The maximum Gasteiger partial charge on any atom is 0.228 e. The summed E-state index contributed by atoms with van der Waals surface area (Å²) in [5, 5.41) is 3.38. The summed E-state index contributed by atoms with van der Waals surface area (Å²) in [4.78, 5) is 28.9. The molecule has 1 aromatic rings. The molecule has 0 saturated carbocycles. The molecule has 3 unspecified atom stereocenters. The predicted octanol–water partition coefficient (Wildman–Crippen LogP) is 1.56. The number of amides is 2. The molecule has 0 bridgehead atoms. The van der Waals surface area contributed by atoms with E-state index in [-0.39, 0.29) is 29.8 Å². The monoisotopic (exact) mass is 315 g/mol. The maximum atomic E-state index is 12.9. The van der Waals surface area contributed by atoms with Crippen molar-refractivity contribution in [1.82, 2.24) is 10.2 Å². The number of carbonyl (C=O) groups is 2. The van der Waals surface area contributed by atoms with Crippen molar-refractivity contribution in [3.8, 4) is 0 Å². The molecule has 5 heteroatoms. The lowest BCUT2D eigenvalue weighted by Crippen LogP contribution is -2.58. The molecule has 3 rings (SSSR count). The lowest BCUT2D eigenvalue weighted by Gasteiger charge is -2.39. The van der Waals surface area contributed by atoms with Gasteiger partial charge >= 0.3 is 0 Å². The molecule has 5 nitrogen and oxygen atoms in total. The summed E-state index contributed by atoms with van der Waals surface area (Å²) in [6.07, 6.45) is 0.317. The van der Waals surface area contributed by atoms with E-state index in [0.29, 0.717) is 13.0 Å². The van der Waals surface area contributed by atoms with Crippen molar-refractivity contribution >= 4 is 17.5 Å². The molecule has 2 amide bonds. The molecule has 1 N–H and O–H groups in total. The van der Waals surface area contributed by atoms with Crippen LogP contribution in [0.1, 0.15) is 25.8 Å². The van der Waals surface area contributed by atoms with Crippen LogP contribution in [0.5, 0.6) is 0 Å². The van der Waals surface area contributed by atoms with Gasteiger partial charge in [0.1, 0.15) is 0 Å². The normalized spacial score (nSPS) is 28.3. The largest absolute Gasteiger partial charge is 0.337 e. The Morgan fingerprint density at radius 2 is 1.91 bits per heavy atom. The first-order valence-corrected chi connectivity index (χ1v) is 8.38. The van der Waals surface area contributed by atoms with Crippen LogP contribution in [0.4, 0.5) is 5.69 Å². The van der Waals surface area contributed by atoms with Gasteiger partial charge in [0.2, 0.25) is 11.8 Å². The lowest BCUT2D eigenvalue weighted by molar-refractivity contribution is -0.139. The third-order valence-corrected chi connectivity index (χ3v) is 5.14. The SMILES string of the molecule is Cc1ccc(N2CC(C(=O)N3CCNC(C)C3C)CC2=O)cc1. The van der Waals surface area contributed by atoms with Gasteiger partial charge in [0.05, 0.1) is 5.92 Å². The summed E-state index contributed by atoms with van der Waals surface area (Å²) in [5.74, 6) is -0.0617. The first-order chi connectivity index (χ1) is 11.0. The van der Waals surface area contributed by atoms with Gasteiger partial charge < -0.3 is 15.1 Å². The molecule has 2 fully saturated rings. The van der Waals surface area contributed by atoms with E-state index in [1.54, 1.807) is 4.90 Å². The molecule has 124 valence electrons. The topological polar surface area (TPSA) is 52.7 Å². The molecule has 2 aliphatic heterocycles. The number of hydrogen-bond donors (Lipinski definition) is 1. The van der Waals surface area contributed by atoms with Gasteiger partial charge in [0, 0.05) is 43.8 Å². The number of hydrogen-bond acceptors (Lipinski definition) is 3. The molecule has 0 aliphatic carbocycles. The van der Waals surface area contributed by atoms with Gasteiger partial charge in [-0.1, -0.05) is 17.7 Å². The average Bonchev–Trinajstić information content (AvgIpc) is 2.92. The van der Waals surface area contributed by atoms with E-state index in [2.05, 4.69) is 19.2 Å². The Balaban J connectivity index is 1.71. The number of carbonyl (C=O) groups excluding carboxylic acids is 2. The first-order valence-electron chi connectivity index (χ1n) is 8.38. The Hall–Kier alpha value is -1.88. The molecule has 2 saturated heterocycles. The van der Waals surface area contributed by atoms with E-state index in [0.717, 1.165) is 24.3 Å². The van der Waals surface area contributed by atoms with Crippen LogP contribution >= 0.6 is 0 Å². The molecule has 0 aromatic heterocycles. The number of anilines is 1. The number of benzene rings is 1. The number of nitrogens with one attached hydrogen (secondary N) is 1. The van der Waals surface area contributed by atoms with Gasteiger partial charge in [0.25, 0.3) is 0 Å². The van der Waals surface area contributed by atoms with Crippen molar-refractivity contribution in [2.45, 2.75) is 39.3 Å². The van der Waals surface area contributed by atoms with Crippen LogP contribution in [-0.4, -0.2) is 48.4 Å². The van der Waals surface area contributed by atoms with Crippen molar-refractivity contribution in [3.05, 3.63) is 29.8 Å². The van der Waals surface area contributed by atoms with E-state index < -0.39 is 0 Å². The average molecular weight is 315 g/mol. The molecule has 1 aromatic carbocycles. The van der Waals surface area contributed by atoms with Gasteiger partial charge in [-0.15, -0.1) is 0 Å². The summed E-state index contributed by atoms with van der Waals surface area (Å²) < 4.78 is 0. The Morgan fingerprint density at radius 1 is 1.22 bits per heavy atom. The highest BCUT2D eigenvalue weighted by molar-refractivity contribution is 6.00. The molecular formula is C18H25N3O2. The zero-order chi connectivity index (χ0) is 16.6. The van der Waals surface area contributed by atoms with Gasteiger partial charge in [-0.05, 0) is 32.9 Å². The van der Waals surface area contributed by atoms with Crippen molar-refractivity contribution in [2.24, 2.45) is 5.92 Å². The lowest BCUT2D eigenvalue weighted by atomic mass is 10.0. The minimum absolute atomic E-state index is 0.0445. The van der Waals surface area contributed by atoms with Crippen LogP contribution in [0.25, 0.3) is 0 Å². The van der Waals surface area contributed by atoms with E-state index in [9.17, 15) is 9.59 Å². The van der Waals surface area contributed by atoms with E-state index in [1.165, 1.54) is 0 Å². The summed E-state index contributed by atoms with van der Waals surface area (Å²) in [5.41, 5.74) is 2.05. The van der Waals surface area contributed by atoms with Crippen molar-refractivity contribution in [1.29, 1.82) is 0 Å². The molecule has 2 heterocycles. The van der Waals surface area contributed by atoms with Crippen molar-refractivity contribution in [2.75, 3.05) is 24.5 Å². The smallest absolute Gasteiger partial charge is 0.228 e. The van der Waals surface area contributed by atoms with Crippen LogP contribution in [0.2, 0.25) is 0 Å². The summed E-state index contributed by atoms with van der Waals surface area (Å²) in [6.45, 7) is 8.23. The first kappa shape index (κ1) is 16.0. The standard InChI is InChI=1S/C18H25N3O2/c1-12-4-6-16(7-5-12)21-11-15(10-17(21)22)18(23)20-9-8-19-13(2)14(20)3/h4-7,13-15,19H,8-11H2,1-3H3. The maximum absolute atomic E-state index is 12.9. The Bertz CT molecular complexity index is 599. The molecule has 3 atom stereocenters. The van der Waals surface area contributed by atoms with Crippen LogP contribution < -0.4 is 10.2 Å². The van der Waals surface area contributed by atoms with E-state index in [1.807, 2.05) is 36.1 Å². The third kappa shape index (κ3) is 3.11. The van der Waals surface area contributed by atoms with Crippen molar-refractivity contribution < 1.29 is 9.59 Å². The predicted molar refractivity (Wildman–Crippen MR) is 90.3 cm³/mol. The molecule has 23 heavy (non-hydrogen) atoms. The fourth-order valence-corrected chi connectivity index (χ4v) is 3.45. The fraction of sp³-hybridized carbons (Fsp3) is 0.556. The van der Waals surface area contributed by atoms with Gasteiger partial charge in [0.15, 0.2) is 0 Å². The second-order valence-corrected chi connectivity index (χ2v) is 6.76. The summed E-state index contributed by atoms with van der Waals surface area (Å²) in [6, 6.07) is 8.36. The number of nitrogens with zero attached hydrogens (tertiary/aromatic N) is 2. The number of piperazine rings is 1.